The Bertz CT molecular complexity index is 1480. The number of rotatable bonds is 7. The van der Waals surface area contributed by atoms with Crippen molar-refractivity contribution in [2.45, 2.75) is 51.2 Å². The minimum atomic E-state index is -1.03. The monoisotopic (exact) mass is 528 g/mol. The predicted molar refractivity (Wildman–Crippen MR) is 146 cm³/mol. The van der Waals surface area contributed by atoms with Crippen molar-refractivity contribution in [3.63, 3.8) is 0 Å². The Balaban J connectivity index is 1.58. The van der Waals surface area contributed by atoms with Crippen LogP contribution in [0.3, 0.4) is 0 Å². The number of para-hydroxylation sites is 1. The normalized spacial score (nSPS) is 17.4. The maximum Gasteiger partial charge on any atom is 0.417 e. The Morgan fingerprint density at radius 2 is 1.82 bits per heavy atom. The van der Waals surface area contributed by atoms with E-state index in [9.17, 15) is 9.59 Å². The molecule has 2 aromatic heterocycles. The third-order valence-electron chi connectivity index (χ3n) is 6.80. The number of pyridine rings is 1. The number of nitrogens with one attached hydrogen (secondary N) is 1. The van der Waals surface area contributed by atoms with Gasteiger partial charge in [-0.2, -0.15) is 0 Å². The fourth-order valence-electron chi connectivity index (χ4n) is 5.04. The molecule has 9 nitrogen and oxygen atoms in total. The van der Waals surface area contributed by atoms with E-state index in [1.807, 2.05) is 54.6 Å². The highest BCUT2D eigenvalue weighted by molar-refractivity contribution is 6.03. The van der Waals surface area contributed by atoms with E-state index in [0.29, 0.717) is 35.4 Å². The number of carbonyl (C=O) groups is 2. The number of benzene rings is 2. The molecule has 0 aliphatic carbocycles. The second-order valence-corrected chi connectivity index (χ2v) is 10.6. The molecule has 1 saturated heterocycles. The van der Waals surface area contributed by atoms with Gasteiger partial charge in [0, 0.05) is 18.9 Å². The molecule has 1 atom stereocenters. The predicted octanol–water partition coefficient (Wildman–Crippen LogP) is 5.19. The summed E-state index contributed by atoms with van der Waals surface area (Å²) in [4.78, 5) is 40.7. The van der Waals surface area contributed by atoms with Crippen molar-refractivity contribution >= 4 is 23.0 Å². The topological polar surface area (TPSA) is 107 Å². The second kappa shape index (κ2) is 10.4. The van der Waals surface area contributed by atoms with Crippen molar-refractivity contribution in [2.75, 3.05) is 13.7 Å². The summed E-state index contributed by atoms with van der Waals surface area (Å²) in [7, 11) is 1.58. The van der Waals surface area contributed by atoms with Gasteiger partial charge in [0.15, 0.2) is 0 Å². The highest BCUT2D eigenvalue weighted by atomic mass is 16.6. The van der Waals surface area contributed by atoms with E-state index in [1.54, 1.807) is 40.3 Å². The number of hydrogen-bond donors (Lipinski definition) is 1. The summed E-state index contributed by atoms with van der Waals surface area (Å²) in [6.45, 7) is 5.80. The number of methoxy groups -OCH3 is 1. The van der Waals surface area contributed by atoms with Gasteiger partial charge in [-0.3, -0.25) is 9.78 Å². The van der Waals surface area contributed by atoms with Crippen LogP contribution in [0.1, 0.15) is 44.1 Å². The van der Waals surface area contributed by atoms with Crippen LogP contribution in [0.2, 0.25) is 0 Å². The van der Waals surface area contributed by atoms with E-state index in [2.05, 4.69) is 9.97 Å². The summed E-state index contributed by atoms with van der Waals surface area (Å²) in [5, 5.41) is 0. The number of imide groups is 1. The van der Waals surface area contributed by atoms with Gasteiger partial charge in [0.1, 0.15) is 35.0 Å². The van der Waals surface area contributed by atoms with Gasteiger partial charge in [-0.15, -0.1) is 0 Å². The van der Waals surface area contributed by atoms with E-state index in [0.717, 1.165) is 16.9 Å². The molecule has 3 heterocycles. The first-order valence-electron chi connectivity index (χ1n) is 12.9. The maximum atomic E-state index is 14.2. The van der Waals surface area contributed by atoms with Crippen molar-refractivity contribution in [3.05, 3.63) is 83.9 Å². The fraction of sp³-hybridized carbons (Fsp3) is 0.333. The minimum absolute atomic E-state index is 0.205. The molecule has 1 aliphatic heterocycles. The van der Waals surface area contributed by atoms with Gasteiger partial charge in [-0.1, -0.05) is 24.3 Å². The number of ether oxygens (including phenoxy) is 3. The number of aromatic amines is 1. The Morgan fingerprint density at radius 3 is 2.51 bits per heavy atom. The number of amides is 2. The van der Waals surface area contributed by atoms with Crippen molar-refractivity contribution in [3.8, 4) is 11.5 Å². The number of nitrogens with zero attached hydrogens (tertiary/aromatic N) is 3. The van der Waals surface area contributed by atoms with Crippen molar-refractivity contribution < 1.29 is 23.8 Å². The van der Waals surface area contributed by atoms with Gasteiger partial charge in [0.05, 0.1) is 18.0 Å². The lowest BCUT2D eigenvalue weighted by atomic mass is 9.73. The lowest BCUT2D eigenvalue weighted by Crippen LogP contribution is -2.44. The SMILES string of the molecule is COc1ccc(C2(Cc3ccncc3)CCN(C(=O)OC(C)(C)C)C2=O)c2[nH]c(COc3ccccc3)nc12. The number of imidazole rings is 1. The lowest BCUT2D eigenvalue weighted by Gasteiger charge is -2.29. The molecule has 39 heavy (non-hydrogen) atoms. The van der Waals surface area contributed by atoms with E-state index in [4.69, 9.17) is 19.2 Å². The van der Waals surface area contributed by atoms with E-state index >= 15 is 0 Å². The van der Waals surface area contributed by atoms with Gasteiger partial charge in [-0.25, -0.2) is 14.7 Å². The van der Waals surface area contributed by atoms with Crippen LogP contribution in [-0.2, 0) is 28.0 Å². The smallest absolute Gasteiger partial charge is 0.417 e. The third-order valence-corrected chi connectivity index (χ3v) is 6.80. The number of carbonyl (C=O) groups excluding carboxylic acids is 2. The quantitative estimate of drug-likeness (QED) is 0.352. The summed E-state index contributed by atoms with van der Waals surface area (Å²) >= 11 is 0. The van der Waals surface area contributed by atoms with Gasteiger partial charge >= 0.3 is 6.09 Å². The molecule has 2 amide bonds. The van der Waals surface area contributed by atoms with Gasteiger partial charge in [-0.05, 0) is 75.1 Å². The van der Waals surface area contributed by atoms with Crippen molar-refractivity contribution in [1.29, 1.82) is 0 Å². The molecule has 1 unspecified atom stereocenters. The van der Waals surface area contributed by atoms with Crippen LogP contribution in [0.5, 0.6) is 11.5 Å². The summed E-state index contributed by atoms with van der Waals surface area (Å²) in [6.07, 6.45) is 3.56. The molecule has 9 heteroatoms. The summed E-state index contributed by atoms with van der Waals surface area (Å²) < 4.78 is 17.1. The standard InChI is InChI=1S/C30H32N4O5/c1-29(2,3)39-28(36)34-17-14-30(27(34)35,18-20-12-15-31-16-13-20)22-10-11-23(37-4)26-25(22)32-24(33-26)19-38-21-8-6-5-7-9-21/h5-13,15-16H,14,17-19H2,1-4H3,(H,32,33). The zero-order valence-electron chi connectivity index (χ0n) is 22.6. The Labute approximate surface area is 227 Å². The van der Waals surface area contributed by atoms with Crippen LogP contribution in [-0.4, -0.2) is 51.1 Å². The molecule has 0 radical (unpaired) electrons. The zero-order valence-corrected chi connectivity index (χ0v) is 22.6. The molecule has 4 aromatic rings. The van der Waals surface area contributed by atoms with E-state index in [1.165, 1.54) is 4.90 Å². The van der Waals surface area contributed by atoms with Crippen LogP contribution < -0.4 is 9.47 Å². The Hall–Kier alpha value is -4.40. The molecule has 1 N–H and O–H groups in total. The number of fused-ring (bicyclic) bond motifs is 1. The molecule has 0 bridgehead atoms. The molecule has 5 rings (SSSR count). The first-order chi connectivity index (χ1) is 18.7. The fourth-order valence-corrected chi connectivity index (χ4v) is 5.04. The molecular formula is C30H32N4O5. The average molecular weight is 529 g/mol. The Morgan fingerprint density at radius 1 is 1.08 bits per heavy atom. The number of H-pyrrole nitrogens is 1. The first-order valence-corrected chi connectivity index (χ1v) is 12.9. The first kappa shape index (κ1) is 26.2. The molecule has 0 spiro atoms. The number of aromatic nitrogens is 3. The molecule has 0 saturated carbocycles. The van der Waals surface area contributed by atoms with E-state index in [-0.39, 0.29) is 19.1 Å². The van der Waals surface area contributed by atoms with Crippen molar-refractivity contribution in [2.24, 2.45) is 0 Å². The number of likely N-dealkylation sites (tertiary alicyclic amines) is 1. The molecular weight excluding hydrogens is 496 g/mol. The molecule has 1 fully saturated rings. The highest BCUT2D eigenvalue weighted by Gasteiger charge is 2.52. The maximum absolute atomic E-state index is 14.2. The average Bonchev–Trinajstić information content (AvgIpc) is 3.49. The summed E-state index contributed by atoms with van der Waals surface area (Å²) in [6, 6.07) is 17.0. The highest BCUT2D eigenvalue weighted by Crippen LogP contribution is 2.43. The van der Waals surface area contributed by atoms with Crippen LogP contribution in [0, 0.1) is 0 Å². The molecule has 202 valence electrons. The van der Waals surface area contributed by atoms with Crippen molar-refractivity contribution in [1.82, 2.24) is 19.9 Å². The Kier molecular flexibility index (Phi) is 6.99. The van der Waals surface area contributed by atoms with E-state index < -0.39 is 17.1 Å². The van der Waals surface area contributed by atoms with Gasteiger partial charge < -0.3 is 19.2 Å². The largest absolute Gasteiger partial charge is 0.494 e. The lowest BCUT2D eigenvalue weighted by molar-refractivity contribution is -0.131. The third kappa shape index (κ3) is 5.30. The summed E-state index contributed by atoms with van der Waals surface area (Å²) in [5.74, 6) is 1.58. The molecule has 1 aliphatic rings. The number of hydrogen-bond acceptors (Lipinski definition) is 7. The minimum Gasteiger partial charge on any atom is -0.494 e. The summed E-state index contributed by atoms with van der Waals surface area (Å²) in [5.41, 5.74) is 1.18. The molecule has 2 aromatic carbocycles. The second-order valence-electron chi connectivity index (χ2n) is 10.6. The van der Waals surface area contributed by atoms with Crippen LogP contribution in [0.25, 0.3) is 11.0 Å². The zero-order chi connectivity index (χ0) is 27.6. The van der Waals surface area contributed by atoms with Crippen LogP contribution >= 0.6 is 0 Å². The van der Waals surface area contributed by atoms with Gasteiger partial charge in [0.2, 0.25) is 5.91 Å². The van der Waals surface area contributed by atoms with Gasteiger partial charge in [0.25, 0.3) is 0 Å². The van der Waals surface area contributed by atoms with Crippen LogP contribution in [0.15, 0.2) is 67.0 Å². The van der Waals surface area contributed by atoms with Crippen LogP contribution in [0.4, 0.5) is 4.79 Å².